The lowest BCUT2D eigenvalue weighted by Gasteiger charge is -2.07. The van der Waals surface area contributed by atoms with Crippen LogP contribution in [0.3, 0.4) is 0 Å². The van der Waals surface area contributed by atoms with Gasteiger partial charge in [-0.1, -0.05) is 53.4 Å². The first-order valence-electron chi connectivity index (χ1n) is 9.76. The molecule has 0 spiro atoms. The number of para-hydroxylation sites is 1. The van der Waals surface area contributed by atoms with Crippen LogP contribution in [-0.2, 0) is 22.8 Å². The summed E-state index contributed by atoms with van der Waals surface area (Å²) >= 11 is 4.45. The number of thioether (sulfide) groups is 2. The minimum absolute atomic E-state index is 0.144. The van der Waals surface area contributed by atoms with E-state index in [1.165, 1.54) is 35.2 Å². The van der Waals surface area contributed by atoms with E-state index in [1.54, 1.807) is 30.0 Å². The van der Waals surface area contributed by atoms with Crippen molar-refractivity contribution in [3.05, 3.63) is 78.4 Å². The van der Waals surface area contributed by atoms with Crippen LogP contribution in [0.5, 0.6) is 0 Å². The van der Waals surface area contributed by atoms with Gasteiger partial charge < -0.3 is 9.88 Å². The van der Waals surface area contributed by atoms with Crippen LogP contribution in [0.4, 0.5) is 9.52 Å². The van der Waals surface area contributed by atoms with Crippen molar-refractivity contribution in [1.82, 2.24) is 19.7 Å². The number of amides is 1. The molecular weight excluding hydrogens is 465 g/mol. The van der Waals surface area contributed by atoms with Gasteiger partial charge in [-0.05, 0) is 29.8 Å². The van der Waals surface area contributed by atoms with Crippen molar-refractivity contribution in [3.63, 3.8) is 0 Å². The van der Waals surface area contributed by atoms with Gasteiger partial charge in [-0.15, -0.1) is 28.5 Å². The number of benzene rings is 2. The zero-order chi connectivity index (χ0) is 22.3. The number of allylic oxidation sites excluding steroid dienone is 1. The van der Waals surface area contributed by atoms with Crippen molar-refractivity contribution in [2.24, 2.45) is 0 Å². The number of rotatable bonds is 10. The van der Waals surface area contributed by atoms with Crippen LogP contribution >= 0.6 is 34.9 Å². The molecule has 32 heavy (non-hydrogen) atoms. The minimum Gasteiger partial charge on any atom is -0.301 e. The Kier molecular flexibility index (Phi) is 7.56. The SMILES string of the molecule is C=CCn1c(CSCc2ccc(F)cc2)nnc1SCC(=O)Nc1nc2ccccc2s1. The van der Waals surface area contributed by atoms with Crippen molar-refractivity contribution in [1.29, 1.82) is 0 Å². The van der Waals surface area contributed by atoms with Crippen molar-refractivity contribution >= 4 is 56.1 Å². The van der Waals surface area contributed by atoms with Gasteiger partial charge in [-0.2, -0.15) is 0 Å². The highest BCUT2D eigenvalue weighted by molar-refractivity contribution is 7.99. The molecule has 0 unspecified atom stereocenters. The number of carbonyl (C=O) groups excluding carboxylic acids is 1. The van der Waals surface area contributed by atoms with Crippen molar-refractivity contribution < 1.29 is 9.18 Å². The Bertz CT molecular complexity index is 1190. The van der Waals surface area contributed by atoms with E-state index < -0.39 is 0 Å². The highest BCUT2D eigenvalue weighted by Gasteiger charge is 2.15. The maximum Gasteiger partial charge on any atom is 0.236 e. The van der Waals surface area contributed by atoms with Gasteiger partial charge in [-0.25, -0.2) is 9.37 Å². The third-order valence-electron chi connectivity index (χ3n) is 4.39. The number of fused-ring (bicyclic) bond motifs is 1. The lowest BCUT2D eigenvalue weighted by Crippen LogP contribution is -2.14. The molecule has 1 amide bonds. The second-order valence-electron chi connectivity index (χ2n) is 6.74. The van der Waals surface area contributed by atoms with Crippen molar-refractivity contribution in [2.45, 2.75) is 23.2 Å². The number of thiazole rings is 1. The number of nitrogens with zero attached hydrogens (tertiary/aromatic N) is 4. The van der Waals surface area contributed by atoms with E-state index in [9.17, 15) is 9.18 Å². The van der Waals surface area contributed by atoms with Crippen LogP contribution in [0.2, 0.25) is 0 Å². The molecule has 0 aliphatic heterocycles. The Morgan fingerprint density at radius 3 is 2.75 bits per heavy atom. The predicted octanol–water partition coefficient (Wildman–Crippen LogP) is 5.38. The molecule has 1 N–H and O–H groups in total. The molecule has 0 saturated carbocycles. The van der Waals surface area contributed by atoms with Gasteiger partial charge in [0.05, 0.1) is 21.7 Å². The largest absolute Gasteiger partial charge is 0.301 e. The molecule has 10 heteroatoms. The van der Waals surface area contributed by atoms with Gasteiger partial charge in [0.1, 0.15) is 11.6 Å². The number of hydrogen-bond donors (Lipinski definition) is 1. The minimum atomic E-state index is -0.238. The molecule has 2 heterocycles. The Morgan fingerprint density at radius 2 is 1.97 bits per heavy atom. The standard InChI is InChI=1S/C22H20FN5OS3/c1-2-11-28-19(13-30-12-15-7-9-16(23)10-8-15)26-27-22(28)31-14-20(29)25-21-24-17-5-3-4-6-18(17)32-21/h2-10H,1,11-14H2,(H,24,25,29). The molecule has 0 bridgehead atoms. The fourth-order valence-corrected chi connectivity index (χ4v) is 5.47. The molecule has 0 aliphatic rings. The summed E-state index contributed by atoms with van der Waals surface area (Å²) in [7, 11) is 0. The zero-order valence-corrected chi connectivity index (χ0v) is 19.5. The van der Waals surface area contributed by atoms with Crippen molar-refractivity contribution in [3.8, 4) is 0 Å². The lowest BCUT2D eigenvalue weighted by molar-refractivity contribution is -0.113. The highest BCUT2D eigenvalue weighted by Crippen LogP contribution is 2.26. The van der Waals surface area contributed by atoms with Gasteiger partial charge in [-0.3, -0.25) is 4.79 Å². The summed E-state index contributed by atoms with van der Waals surface area (Å²) in [4.78, 5) is 16.8. The Labute approximate surface area is 197 Å². The summed E-state index contributed by atoms with van der Waals surface area (Å²) in [5, 5.41) is 12.7. The van der Waals surface area contributed by atoms with Crippen LogP contribution in [0.25, 0.3) is 10.2 Å². The molecule has 0 atom stereocenters. The summed E-state index contributed by atoms with van der Waals surface area (Å²) in [6.07, 6.45) is 1.78. The van der Waals surface area contributed by atoms with E-state index in [2.05, 4.69) is 27.1 Å². The quantitative estimate of drug-likeness (QED) is 0.240. The maximum absolute atomic E-state index is 13.0. The second-order valence-corrected chi connectivity index (χ2v) is 9.70. The fourth-order valence-electron chi connectivity index (χ4n) is 2.90. The van der Waals surface area contributed by atoms with Gasteiger partial charge >= 0.3 is 0 Å². The number of carbonyl (C=O) groups is 1. The van der Waals surface area contributed by atoms with E-state index in [4.69, 9.17) is 0 Å². The summed E-state index contributed by atoms with van der Waals surface area (Å²) in [6, 6.07) is 14.3. The average Bonchev–Trinajstić information content (AvgIpc) is 3.37. The number of anilines is 1. The molecule has 4 rings (SSSR count). The molecule has 0 radical (unpaired) electrons. The summed E-state index contributed by atoms with van der Waals surface area (Å²) in [5.74, 6) is 2.03. The fraction of sp³-hybridized carbons (Fsp3) is 0.182. The van der Waals surface area contributed by atoms with E-state index in [1.807, 2.05) is 28.8 Å². The molecule has 0 saturated heterocycles. The zero-order valence-electron chi connectivity index (χ0n) is 17.0. The van der Waals surface area contributed by atoms with Crippen LogP contribution in [0.15, 0.2) is 66.3 Å². The molecule has 2 aromatic heterocycles. The lowest BCUT2D eigenvalue weighted by atomic mass is 10.2. The first kappa shape index (κ1) is 22.5. The van der Waals surface area contributed by atoms with Crippen molar-refractivity contribution in [2.75, 3.05) is 11.1 Å². The molecule has 2 aromatic carbocycles. The molecule has 164 valence electrons. The molecule has 6 nitrogen and oxygen atoms in total. The van der Waals surface area contributed by atoms with E-state index in [-0.39, 0.29) is 17.5 Å². The Balaban J connectivity index is 1.33. The monoisotopic (exact) mass is 485 g/mol. The number of aromatic nitrogens is 4. The van der Waals surface area contributed by atoms with E-state index in [0.29, 0.717) is 22.6 Å². The maximum atomic E-state index is 13.0. The average molecular weight is 486 g/mol. The topological polar surface area (TPSA) is 72.7 Å². The van der Waals surface area contributed by atoms with E-state index in [0.717, 1.165) is 27.4 Å². The summed E-state index contributed by atoms with van der Waals surface area (Å²) in [5.41, 5.74) is 1.92. The summed E-state index contributed by atoms with van der Waals surface area (Å²) < 4.78 is 16.0. The Hall–Kier alpha value is -2.69. The number of nitrogens with one attached hydrogen (secondary N) is 1. The van der Waals surface area contributed by atoms with Crippen LogP contribution < -0.4 is 5.32 Å². The molecule has 0 fully saturated rings. The summed E-state index contributed by atoms with van der Waals surface area (Å²) in [6.45, 7) is 4.37. The smallest absolute Gasteiger partial charge is 0.236 e. The third kappa shape index (κ3) is 5.76. The highest BCUT2D eigenvalue weighted by atomic mass is 32.2. The normalized spacial score (nSPS) is 11.0. The Morgan fingerprint density at radius 1 is 1.16 bits per heavy atom. The van der Waals surface area contributed by atoms with Crippen LogP contribution in [0, 0.1) is 5.82 Å². The van der Waals surface area contributed by atoms with Gasteiger partial charge in [0.15, 0.2) is 10.3 Å². The van der Waals surface area contributed by atoms with Crippen LogP contribution in [0.1, 0.15) is 11.4 Å². The van der Waals surface area contributed by atoms with Crippen LogP contribution in [-0.4, -0.2) is 31.4 Å². The number of halogens is 1. The molecule has 0 aliphatic carbocycles. The third-order valence-corrected chi connectivity index (χ3v) is 7.31. The van der Waals surface area contributed by atoms with Gasteiger partial charge in [0.2, 0.25) is 5.91 Å². The van der Waals surface area contributed by atoms with Gasteiger partial charge in [0, 0.05) is 12.3 Å². The molecular formula is C22H20FN5OS3. The predicted molar refractivity (Wildman–Crippen MR) is 131 cm³/mol. The first-order valence-corrected chi connectivity index (χ1v) is 12.7. The van der Waals surface area contributed by atoms with E-state index >= 15 is 0 Å². The number of hydrogen-bond acceptors (Lipinski definition) is 7. The second kappa shape index (κ2) is 10.8. The first-order chi connectivity index (χ1) is 15.6. The van der Waals surface area contributed by atoms with Gasteiger partial charge in [0.25, 0.3) is 0 Å². The molecule has 4 aromatic rings.